The Balaban J connectivity index is -0.000000327. The summed E-state index contributed by atoms with van der Waals surface area (Å²) in [6, 6.07) is 0. The normalized spacial score (nSPS) is 16.0. The van der Waals surface area contributed by atoms with Gasteiger partial charge in [-0.2, -0.15) is 0 Å². The smallest absolute Gasteiger partial charge is 0.855 e. The van der Waals surface area contributed by atoms with Crippen LogP contribution in [0.2, 0.25) is 0 Å². The zero-order valence-corrected chi connectivity index (χ0v) is 57.8. The maximum absolute atomic E-state index is 13.8. The van der Waals surface area contributed by atoms with Crippen molar-refractivity contribution in [2.45, 2.75) is 214 Å². The second-order valence-electron chi connectivity index (χ2n) is 21.0. The molecule has 0 bridgehead atoms. The number of rotatable bonds is 32. The quantitative estimate of drug-likeness (QED) is 0.0379. The molecule has 0 aromatic heterocycles. The Morgan fingerprint density at radius 3 is 0.607 bits per heavy atom. The van der Waals surface area contributed by atoms with Gasteiger partial charge in [0.25, 0.3) is 0 Å². The predicted octanol–water partition coefficient (Wildman–Crippen LogP) is 12.7. The molecule has 61 heavy (non-hydrogen) atoms. The molecule has 0 aromatic rings. The van der Waals surface area contributed by atoms with Crippen molar-refractivity contribution >= 4 is 52.6 Å². The maximum atomic E-state index is 13.8. The van der Waals surface area contributed by atoms with Crippen molar-refractivity contribution in [2.24, 2.45) is 47.3 Å². The molecule has 0 saturated carbocycles. The molecule has 0 amide bonds. The summed E-state index contributed by atoms with van der Waals surface area (Å²) >= 11 is 11.1. The van der Waals surface area contributed by atoms with Crippen LogP contribution in [0.25, 0.3) is 0 Å². The van der Waals surface area contributed by atoms with Crippen molar-refractivity contribution in [3.63, 3.8) is 0 Å². The van der Waals surface area contributed by atoms with E-state index in [2.05, 4.69) is 111 Å². The topological polar surface area (TPSA) is 92.2 Å². The van der Waals surface area contributed by atoms with Crippen LogP contribution < -0.4 is 19.6 Å². The molecule has 0 rings (SSSR count). The van der Waals surface area contributed by atoms with E-state index in [-0.39, 0.29) is 58.4 Å². The van der Waals surface area contributed by atoms with Gasteiger partial charge >= 0.3 is 58.4 Å². The van der Waals surface area contributed by atoms with Crippen LogP contribution in [0.5, 0.6) is 0 Å². The standard InChI is InChI=1S/2C24H52O2PS2.3Zn/c2*1-9-13-15-23(11-3)19-29(17-21(5)6,18-22(7)8,27(25,26)28)20-24(12-4)16-14-10-2;;;/h2*21-24H,9-20H2,1-8H3;;;/q2*-3;3*+2. The summed E-state index contributed by atoms with van der Waals surface area (Å²) in [6.45, 7) is 35.6. The molecular weight excluding hydrogens is 1030 g/mol. The monoisotopic (exact) mass is 1130 g/mol. The first-order chi connectivity index (χ1) is 26.8. The second kappa shape index (κ2) is 36.0. The van der Waals surface area contributed by atoms with Crippen LogP contribution in [0.1, 0.15) is 214 Å². The van der Waals surface area contributed by atoms with Gasteiger partial charge in [-0.1, -0.05) is 188 Å². The Hall–Kier alpha value is 3.97. The fraction of sp³-hybridized carbons (Fsp3) is 1.00. The first-order valence-electron chi connectivity index (χ1n) is 24.6. The van der Waals surface area contributed by atoms with Crippen LogP contribution in [0.3, 0.4) is 0 Å². The molecule has 0 radical (unpaired) electrons. The third-order valence-corrected chi connectivity index (χ3v) is 45.8. The van der Waals surface area contributed by atoms with Crippen molar-refractivity contribution in [2.75, 3.05) is 46.0 Å². The molecule has 0 heterocycles. The first-order valence-corrected chi connectivity index (χ1v) is 36.5. The van der Waals surface area contributed by atoms with Crippen LogP contribution in [-0.4, -0.2) is 46.0 Å². The van der Waals surface area contributed by atoms with Crippen LogP contribution in [0.4, 0.5) is 0 Å². The third kappa shape index (κ3) is 24.6. The van der Waals surface area contributed by atoms with Gasteiger partial charge in [0.1, 0.15) is 0 Å². The molecular formula is C48H104O4P2S4Zn3. The van der Waals surface area contributed by atoms with Gasteiger partial charge in [0.15, 0.2) is 0 Å². The van der Waals surface area contributed by atoms with E-state index in [1.54, 1.807) is 0 Å². The average Bonchev–Trinajstić information content (AvgIpc) is 3.10. The molecule has 0 N–H and O–H groups in total. The Bertz CT molecular complexity index is 1090. The number of hydrogen-bond acceptors (Lipinski definition) is 6. The van der Waals surface area contributed by atoms with Gasteiger partial charge in [-0.3, -0.25) is 16.7 Å². The van der Waals surface area contributed by atoms with E-state index in [1.807, 2.05) is 0 Å². The molecule has 4 unspecified atom stereocenters. The van der Waals surface area contributed by atoms with Crippen LogP contribution >= 0.6 is 11.4 Å². The van der Waals surface area contributed by atoms with Gasteiger partial charge in [-0.15, -0.1) is 0 Å². The third-order valence-electron chi connectivity index (χ3n) is 13.1. The molecule has 0 fully saturated rings. The van der Waals surface area contributed by atoms with E-state index >= 15 is 0 Å². The minimum Gasteiger partial charge on any atom is -0.855 e. The molecule has 4 atom stereocenters. The predicted molar refractivity (Wildman–Crippen MR) is 275 cm³/mol. The molecule has 0 aliphatic heterocycles. The maximum Gasteiger partial charge on any atom is 2.00 e. The summed E-state index contributed by atoms with van der Waals surface area (Å²) in [5.41, 5.74) is -7.80. The fourth-order valence-electron chi connectivity index (χ4n) is 11.0. The zero-order valence-electron chi connectivity index (χ0n) is 43.9. The van der Waals surface area contributed by atoms with Gasteiger partial charge in [-0.25, -0.2) is 0 Å². The van der Waals surface area contributed by atoms with Crippen molar-refractivity contribution in [3.05, 3.63) is 0 Å². The summed E-state index contributed by atoms with van der Waals surface area (Å²) in [6.07, 6.45) is 18.4. The van der Waals surface area contributed by atoms with E-state index in [4.69, 9.17) is 24.5 Å². The second-order valence-corrected chi connectivity index (χ2v) is 45.7. The molecule has 360 valence electrons. The van der Waals surface area contributed by atoms with Crippen LogP contribution in [-0.2, 0) is 99.6 Å². The Morgan fingerprint density at radius 2 is 0.508 bits per heavy atom. The molecule has 0 saturated heterocycles. The number of unbranched alkanes of at least 4 members (excludes halogenated alkanes) is 4. The van der Waals surface area contributed by atoms with Gasteiger partial charge in [0.2, 0.25) is 0 Å². The van der Waals surface area contributed by atoms with Gasteiger partial charge in [0.05, 0.1) is 0 Å². The van der Waals surface area contributed by atoms with Gasteiger partial charge in [-0.05, 0) is 119 Å². The Labute approximate surface area is 433 Å². The Kier molecular flexibility index (Phi) is 43.6. The van der Waals surface area contributed by atoms with Gasteiger partial charge < -0.3 is 55.5 Å². The fourth-order valence-corrected chi connectivity index (χ4v) is 42.3. The molecule has 0 aliphatic carbocycles. The Morgan fingerprint density at radius 1 is 0.344 bits per heavy atom. The minimum atomic E-state index is -3.90. The minimum absolute atomic E-state index is 0. The SMILES string of the molecule is CCCCC(CC)CS(CC(C)C)(CC(C)C)(CC(CC)CCCC)=P([O-])([O-])[S-].CCCCC(CC)CS(CC(C)C)(CC(C)C)(CC(CC)CCCC)=P([O-])([O-])[S-].[Zn+2].[Zn+2].[Zn+2]. The summed E-state index contributed by atoms with van der Waals surface area (Å²) in [7, 11) is -5.60. The summed E-state index contributed by atoms with van der Waals surface area (Å²) < 4.78 is 0. The van der Waals surface area contributed by atoms with Crippen molar-refractivity contribution in [3.8, 4) is 0 Å². The van der Waals surface area contributed by atoms with Crippen LogP contribution in [0.15, 0.2) is 0 Å². The number of hydrogen-bond donors (Lipinski definition) is 0. The summed E-state index contributed by atoms with van der Waals surface area (Å²) in [5, 5.41) is 0. The molecule has 4 nitrogen and oxygen atoms in total. The average molecular weight is 1130 g/mol. The summed E-state index contributed by atoms with van der Waals surface area (Å²) in [4.78, 5) is 55.2. The molecule has 0 spiro atoms. The van der Waals surface area contributed by atoms with Crippen molar-refractivity contribution in [1.29, 1.82) is 0 Å². The largest absolute Gasteiger partial charge is 2.00 e. The summed E-state index contributed by atoms with van der Waals surface area (Å²) in [5.74, 6) is 10.2. The van der Waals surface area contributed by atoms with E-state index in [1.165, 1.54) is 51.4 Å². The van der Waals surface area contributed by atoms with Crippen molar-refractivity contribution < 1.29 is 78.0 Å². The van der Waals surface area contributed by atoms with E-state index in [0.29, 0.717) is 47.3 Å². The molecule has 0 aromatic carbocycles. The van der Waals surface area contributed by atoms with Gasteiger partial charge in [0, 0.05) is 0 Å². The van der Waals surface area contributed by atoms with Crippen molar-refractivity contribution in [1.82, 2.24) is 0 Å². The van der Waals surface area contributed by atoms with E-state index < -0.39 is 28.1 Å². The molecule has 0 aliphatic rings. The van der Waals surface area contributed by atoms with E-state index in [9.17, 15) is 19.6 Å². The van der Waals surface area contributed by atoms with Crippen LogP contribution in [0, 0.1) is 47.3 Å². The zero-order chi connectivity index (χ0) is 45.5. The molecule has 13 heteroatoms. The first kappa shape index (κ1) is 73.9. The van der Waals surface area contributed by atoms with E-state index in [0.717, 1.165) is 97.4 Å².